The molecule has 0 N–H and O–H groups in total. The molecule has 0 spiro atoms. The largest absolute Gasteiger partial charge is 0.431 e. The summed E-state index contributed by atoms with van der Waals surface area (Å²) in [6, 6.07) is 15.6. The molecule has 1 unspecified atom stereocenters. The van der Waals surface area contributed by atoms with Gasteiger partial charge in [-0.05, 0) is 43.4 Å². The summed E-state index contributed by atoms with van der Waals surface area (Å²) in [5, 5.41) is 4.69. The van der Waals surface area contributed by atoms with Gasteiger partial charge in [-0.2, -0.15) is 4.98 Å². The molecule has 5 rings (SSSR count). The highest BCUT2D eigenvalue weighted by Gasteiger charge is 2.26. The van der Waals surface area contributed by atoms with Crippen LogP contribution in [0, 0.1) is 12.8 Å². The van der Waals surface area contributed by atoms with Gasteiger partial charge in [0.25, 0.3) is 5.22 Å². The van der Waals surface area contributed by atoms with Gasteiger partial charge >= 0.3 is 0 Å². The molecule has 1 aliphatic rings. The number of thioether (sulfide) groups is 1. The Hall–Kier alpha value is -3.13. The Morgan fingerprint density at radius 1 is 1.16 bits per heavy atom. The molecule has 3 heterocycles. The van der Waals surface area contributed by atoms with Gasteiger partial charge in [0, 0.05) is 25.1 Å². The monoisotopic (exact) mass is 448 g/mol. The third-order valence-electron chi connectivity index (χ3n) is 5.78. The zero-order valence-corrected chi connectivity index (χ0v) is 18.7. The number of aryl methyl sites for hydroxylation is 1. The Bertz CT molecular complexity index is 1200. The second-order valence-electron chi connectivity index (χ2n) is 8.11. The second kappa shape index (κ2) is 9.16. The van der Waals surface area contributed by atoms with Crippen molar-refractivity contribution in [1.29, 1.82) is 0 Å². The van der Waals surface area contributed by atoms with Crippen molar-refractivity contribution in [2.24, 2.45) is 5.92 Å². The molecule has 0 aliphatic carbocycles. The number of piperidine rings is 1. The average Bonchev–Trinajstić information content (AvgIpc) is 3.44. The summed E-state index contributed by atoms with van der Waals surface area (Å²) in [4.78, 5) is 23.8. The van der Waals surface area contributed by atoms with E-state index >= 15 is 0 Å². The molecule has 1 fully saturated rings. The minimum Gasteiger partial charge on any atom is -0.431 e. The van der Waals surface area contributed by atoms with Crippen LogP contribution >= 0.6 is 11.8 Å². The summed E-state index contributed by atoms with van der Waals surface area (Å²) >= 11 is 1.35. The van der Waals surface area contributed by atoms with Crippen molar-refractivity contribution >= 4 is 28.8 Å². The predicted molar refractivity (Wildman–Crippen MR) is 122 cm³/mol. The summed E-state index contributed by atoms with van der Waals surface area (Å²) in [5.74, 6) is 1.98. The van der Waals surface area contributed by atoms with Gasteiger partial charge in [-0.25, -0.2) is 4.98 Å². The van der Waals surface area contributed by atoms with Crippen LogP contribution in [0.1, 0.15) is 24.3 Å². The van der Waals surface area contributed by atoms with Crippen LogP contribution < -0.4 is 0 Å². The highest BCUT2D eigenvalue weighted by Crippen LogP contribution is 2.26. The molecular weight excluding hydrogens is 424 g/mol. The Balaban J connectivity index is 1.17. The topological polar surface area (TPSA) is 85.3 Å². The van der Waals surface area contributed by atoms with Crippen LogP contribution in [0.5, 0.6) is 0 Å². The number of benzene rings is 2. The number of carbonyl (C=O) groups excluding carboxylic acids is 1. The van der Waals surface area contributed by atoms with Crippen molar-refractivity contribution in [2.75, 3.05) is 18.8 Å². The number of nitrogens with zero attached hydrogens (tertiary/aromatic N) is 4. The van der Waals surface area contributed by atoms with Crippen molar-refractivity contribution in [3.05, 3.63) is 60.0 Å². The summed E-state index contributed by atoms with van der Waals surface area (Å²) in [6.07, 6.45) is 2.70. The standard InChI is InChI=1S/C24H24N4O3S/c1-16-7-2-3-9-18(16)23-26-21(31-27-23)13-17-8-6-12-28(14-17)22(29)15-32-24-25-19-10-4-5-11-20(19)30-24/h2-5,7,9-11,17H,6,8,12-15H2,1H3. The number of oxazole rings is 1. The Labute approximate surface area is 190 Å². The fourth-order valence-electron chi connectivity index (χ4n) is 4.10. The zero-order chi connectivity index (χ0) is 21.9. The van der Waals surface area contributed by atoms with E-state index in [9.17, 15) is 4.79 Å². The van der Waals surface area contributed by atoms with Gasteiger partial charge in [0.15, 0.2) is 5.58 Å². The normalized spacial score (nSPS) is 16.5. The van der Waals surface area contributed by atoms with Crippen LogP contribution in [-0.2, 0) is 11.2 Å². The Kier molecular flexibility index (Phi) is 5.94. The number of likely N-dealkylation sites (tertiary alicyclic amines) is 1. The number of fused-ring (bicyclic) bond motifs is 1. The number of hydrogen-bond acceptors (Lipinski definition) is 7. The molecule has 7 nitrogen and oxygen atoms in total. The van der Waals surface area contributed by atoms with Crippen LogP contribution in [0.15, 0.2) is 62.7 Å². The van der Waals surface area contributed by atoms with E-state index in [2.05, 4.69) is 15.1 Å². The lowest BCUT2D eigenvalue weighted by molar-refractivity contribution is -0.130. The third kappa shape index (κ3) is 4.55. The lowest BCUT2D eigenvalue weighted by Crippen LogP contribution is -2.41. The maximum Gasteiger partial charge on any atom is 0.257 e. The van der Waals surface area contributed by atoms with Gasteiger partial charge in [-0.15, -0.1) is 0 Å². The molecule has 0 saturated carbocycles. The first-order chi connectivity index (χ1) is 15.7. The van der Waals surface area contributed by atoms with E-state index in [-0.39, 0.29) is 5.91 Å². The van der Waals surface area contributed by atoms with Crippen LogP contribution in [0.2, 0.25) is 0 Å². The quantitative estimate of drug-likeness (QED) is 0.393. The molecule has 2 aromatic carbocycles. The van der Waals surface area contributed by atoms with Crippen molar-refractivity contribution < 1.29 is 13.7 Å². The molecule has 1 amide bonds. The van der Waals surface area contributed by atoms with Gasteiger partial charge < -0.3 is 13.8 Å². The third-order valence-corrected chi connectivity index (χ3v) is 6.60. The maximum absolute atomic E-state index is 12.8. The first-order valence-electron chi connectivity index (χ1n) is 10.8. The molecule has 1 saturated heterocycles. The van der Waals surface area contributed by atoms with E-state index in [4.69, 9.17) is 8.94 Å². The number of rotatable bonds is 6. The highest BCUT2D eigenvalue weighted by atomic mass is 32.2. The molecule has 4 aromatic rings. The van der Waals surface area contributed by atoms with Gasteiger partial charge in [-0.3, -0.25) is 4.79 Å². The van der Waals surface area contributed by atoms with Crippen molar-refractivity contribution in [3.63, 3.8) is 0 Å². The van der Waals surface area contributed by atoms with Gasteiger partial charge in [0.2, 0.25) is 17.6 Å². The first-order valence-corrected chi connectivity index (χ1v) is 11.8. The molecule has 8 heteroatoms. The number of para-hydroxylation sites is 2. The average molecular weight is 449 g/mol. The summed E-state index contributed by atoms with van der Waals surface area (Å²) in [6.45, 7) is 3.52. The van der Waals surface area contributed by atoms with Gasteiger partial charge in [0.05, 0.1) is 5.75 Å². The first kappa shape index (κ1) is 20.8. The minimum atomic E-state index is 0.105. The zero-order valence-electron chi connectivity index (χ0n) is 17.9. The second-order valence-corrected chi connectivity index (χ2v) is 9.04. The van der Waals surface area contributed by atoms with E-state index in [0.717, 1.165) is 41.6 Å². The molecule has 164 valence electrons. The number of aromatic nitrogens is 3. The maximum atomic E-state index is 12.8. The van der Waals surface area contributed by atoms with Crippen LogP contribution in [-0.4, -0.2) is 44.8 Å². The smallest absolute Gasteiger partial charge is 0.257 e. The van der Waals surface area contributed by atoms with E-state index in [1.54, 1.807) is 0 Å². The molecule has 0 radical (unpaired) electrons. The van der Waals surface area contributed by atoms with Crippen molar-refractivity contribution in [1.82, 2.24) is 20.0 Å². The van der Waals surface area contributed by atoms with Gasteiger partial charge in [-0.1, -0.05) is 53.3 Å². The van der Waals surface area contributed by atoms with E-state index in [1.807, 2.05) is 60.4 Å². The van der Waals surface area contributed by atoms with Crippen LogP contribution in [0.3, 0.4) is 0 Å². The number of amides is 1. The number of carbonyl (C=O) groups is 1. The molecule has 1 aliphatic heterocycles. The summed E-state index contributed by atoms with van der Waals surface area (Å²) < 4.78 is 11.2. The minimum absolute atomic E-state index is 0.105. The molecule has 1 atom stereocenters. The van der Waals surface area contributed by atoms with Crippen LogP contribution in [0.25, 0.3) is 22.5 Å². The molecule has 32 heavy (non-hydrogen) atoms. The van der Waals surface area contributed by atoms with Crippen LogP contribution in [0.4, 0.5) is 0 Å². The predicted octanol–water partition coefficient (Wildman–Crippen LogP) is 4.76. The van der Waals surface area contributed by atoms with Crippen molar-refractivity contribution in [2.45, 2.75) is 31.4 Å². The van der Waals surface area contributed by atoms with Gasteiger partial charge in [0.1, 0.15) is 5.52 Å². The number of hydrogen-bond donors (Lipinski definition) is 0. The SMILES string of the molecule is Cc1ccccc1-c1noc(CC2CCCN(C(=O)CSc3nc4ccccc4o3)C2)n1. The Morgan fingerprint density at radius 2 is 2.00 bits per heavy atom. The summed E-state index contributed by atoms with van der Waals surface area (Å²) in [7, 11) is 0. The fraction of sp³-hybridized carbons (Fsp3) is 0.333. The van der Waals surface area contributed by atoms with E-state index in [0.29, 0.717) is 41.6 Å². The fourth-order valence-corrected chi connectivity index (χ4v) is 4.84. The Morgan fingerprint density at radius 3 is 2.88 bits per heavy atom. The summed E-state index contributed by atoms with van der Waals surface area (Å²) in [5.41, 5.74) is 3.65. The highest BCUT2D eigenvalue weighted by molar-refractivity contribution is 7.99. The van der Waals surface area contributed by atoms with Crippen molar-refractivity contribution in [3.8, 4) is 11.4 Å². The molecule has 0 bridgehead atoms. The van der Waals surface area contributed by atoms with E-state index in [1.165, 1.54) is 11.8 Å². The molecular formula is C24H24N4O3S. The lowest BCUT2D eigenvalue weighted by atomic mass is 9.95. The van der Waals surface area contributed by atoms with E-state index < -0.39 is 0 Å². The lowest BCUT2D eigenvalue weighted by Gasteiger charge is -2.32. The molecule has 2 aromatic heterocycles.